The van der Waals surface area contributed by atoms with Crippen LogP contribution in [0.1, 0.15) is 21.5 Å². The first-order valence-electron chi connectivity index (χ1n) is 6.44. The summed E-state index contributed by atoms with van der Waals surface area (Å²) in [6.45, 7) is 0. The lowest BCUT2D eigenvalue weighted by molar-refractivity contribution is 0.0971. The number of para-hydroxylation sites is 1. The molecule has 3 heteroatoms. The molecule has 1 atom stereocenters. The van der Waals surface area contributed by atoms with Crippen LogP contribution < -0.4 is 4.90 Å². The minimum Gasteiger partial charge on any atom is -0.304 e. The van der Waals surface area contributed by atoms with Gasteiger partial charge in [0.15, 0.2) is 0 Å². The molecular formula is C16H12FNO. The Hall–Kier alpha value is -2.16. The van der Waals surface area contributed by atoms with Crippen molar-refractivity contribution in [2.45, 2.75) is 18.9 Å². The summed E-state index contributed by atoms with van der Waals surface area (Å²) < 4.78 is 13.3. The molecule has 2 nitrogen and oxygen atoms in total. The molecule has 19 heavy (non-hydrogen) atoms. The highest BCUT2D eigenvalue weighted by Crippen LogP contribution is 2.38. The fourth-order valence-electron chi connectivity index (χ4n) is 3.22. The van der Waals surface area contributed by atoms with Crippen molar-refractivity contribution in [1.29, 1.82) is 0 Å². The fourth-order valence-corrected chi connectivity index (χ4v) is 3.22. The second-order valence-corrected chi connectivity index (χ2v) is 5.17. The first kappa shape index (κ1) is 10.7. The van der Waals surface area contributed by atoms with Gasteiger partial charge in [-0.1, -0.05) is 18.2 Å². The van der Waals surface area contributed by atoms with Gasteiger partial charge in [0.05, 0.1) is 0 Å². The Balaban J connectivity index is 1.86. The van der Waals surface area contributed by atoms with E-state index in [9.17, 15) is 9.18 Å². The standard InChI is InChI=1S/C16H12FNO/c17-12-5-6-14-11(7-12)9-13-8-10-3-1-2-4-15(10)18(13)16(14)19/h1-7,13H,8-9H2. The SMILES string of the molecule is O=C1c2ccc(F)cc2CC2Cc3ccccc3N12. The quantitative estimate of drug-likeness (QED) is 0.707. The van der Waals surface area contributed by atoms with Gasteiger partial charge in [-0.05, 0) is 48.2 Å². The van der Waals surface area contributed by atoms with Crippen LogP contribution in [0, 0.1) is 5.82 Å². The summed E-state index contributed by atoms with van der Waals surface area (Å²) in [6, 6.07) is 12.6. The molecule has 2 aromatic carbocycles. The van der Waals surface area contributed by atoms with Crippen LogP contribution in [-0.4, -0.2) is 11.9 Å². The van der Waals surface area contributed by atoms with E-state index in [0.29, 0.717) is 5.56 Å². The van der Waals surface area contributed by atoms with Crippen molar-refractivity contribution in [3.8, 4) is 0 Å². The Morgan fingerprint density at radius 2 is 1.84 bits per heavy atom. The Morgan fingerprint density at radius 3 is 2.74 bits per heavy atom. The van der Waals surface area contributed by atoms with Crippen LogP contribution in [-0.2, 0) is 12.8 Å². The van der Waals surface area contributed by atoms with Gasteiger partial charge in [0.1, 0.15) is 5.82 Å². The van der Waals surface area contributed by atoms with Gasteiger partial charge in [0.2, 0.25) is 0 Å². The zero-order valence-corrected chi connectivity index (χ0v) is 10.3. The van der Waals surface area contributed by atoms with Crippen LogP contribution in [0.2, 0.25) is 0 Å². The van der Waals surface area contributed by atoms with Gasteiger partial charge in [-0.25, -0.2) is 4.39 Å². The molecule has 0 spiro atoms. The number of nitrogens with zero attached hydrogens (tertiary/aromatic N) is 1. The number of rotatable bonds is 0. The largest absolute Gasteiger partial charge is 0.304 e. The highest BCUT2D eigenvalue weighted by atomic mass is 19.1. The molecule has 2 aromatic rings. The van der Waals surface area contributed by atoms with Crippen LogP contribution in [0.5, 0.6) is 0 Å². The van der Waals surface area contributed by atoms with Gasteiger partial charge in [-0.2, -0.15) is 0 Å². The summed E-state index contributed by atoms with van der Waals surface area (Å²) in [7, 11) is 0. The Kier molecular flexibility index (Phi) is 2.07. The van der Waals surface area contributed by atoms with Crippen LogP contribution in [0.15, 0.2) is 42.5 Å². The Bertz CT molecular complexity index is 695. The van der Waals surface area contributed by atoms with Gasteiger partial charge in [-0.15, -0.1) is 0 Å². The minimum atomic E-state index is -0.268. The molecule has 1 unspecified atom stereocenters. The third-order valence-corrected chi connectivity index (χ3v) is 4.04. The number of carbonyl (C=O) groups is 1. The summed E-state index contributed by atoms with van der Waals surface area (Å²) >= 11 is 0. The monoisotopic (exact) mass is 253 g/mol. The number of anilines is 1. The number of fused-ring (bicyclic) bond motifs is 4. The lowest BCUT2D eigenvalue weighted by Gasteiger charge is -2.31. The zero-order chi connectivity index (χ0) is 13.0. The van der Waals surface area contributed by atoms with Crippen molar-refractivity contribution >= 4 is 11.6 Å². The van der Waals surface area contributed by atoms with E-state index in [2.05, 4.69) is 6.07 Å². The maximum Gasteiger partial charge on any atom is 0.258 e. The normalized spacial score (nSPS) is 19.9. The predicted molar refractivity (Wildman–Crippen MR) is 70.8 cm³/mol. The maximum atomic E-state index is 13.3. The van der Waals surface area contributed by atoms with E-state index in [1.54, 1.807) is 6.07 Å². The molecule has 0 radical (unpaired) electrons. The molecule has 0 N–H and O–H groups in total. The highest BCUT2D eigenvalue weighted by Gasteiger charge is 2.38. The topological polar surface area (TPSA) is 20.3 Å². The Labute approximate surface area is 110 Å². The summed E-state index contributed by atoms with van der Waals surface area (Å²) in [6.07, 6.45) is 1.59. The predicted octanol–water partition coefficient (Wildman–Crippen LogP) is 2.95. The van der Waals surface area contributed by atoms with E-state index in [1.807, 2.05) is 23.1 Å². The van der Waals surface area contributed by atoms with Gasteiger partial charge in [0, 0.05) is 17.3 Å². The molecule has 2 aliphatic rings. The van der Waals surface area contributed by atoms with Gasteiger partial charge in [0.25, 0.3) is 5.91 Å². The van der Waals surface area contributed by atoms with Crippen molar-refractivity contribution in [1.82, 2.24) is 0 Å². The first-order valence-corrected chi connectivity index (χ1v) is 6.44. The second-order valence-electron chi connectivity index (χ2n) is 5.17. The minimum absolute atomic E-state index is 0.00352. The molecule has 94 valence electrons. The third-order valence-electron chi connectivity index (χ3n) is 4.04. The second kappa shape index (κ2) is 3.67. The Morgan fingerprint density at radius 1 is 1.05 bits per heavy atom. The van der Waals surface area contributed by atoms with Crippen LogP contribution in [0.25, 0.3) is 0 Å². The van der Waals surface area contributed by atoms with Crippen molar-refractivity contribution in [2.24, 2.45) is 0 Å². The average Bonchev–Trinajstić information content (AvgIpc) is 2.76. The van der Waals surface area contributed by atoms with Crippen LogP contribution in [0.4, 0.5) is 10.1 Å². The lowest BCUT2D eigenvalue weighted by Crippen LogP contribution is -2.43. The maximum absolute atomic E-state index is 13.3. The van der Waals surface area contributed by atoms with E-state index in [0.717, 1.165) is 24.1 Å². The van der Waals surface area contributed by atoms with E-state index >= 15 is 0 Å². The zero-order valence-electron chi connectivity index (χ0n) is 10.3. The molecule has 2 heterocycles. The number of hydrogen-bond donors (Lipinski definition) is 0. The summed E-state index contributed by atoms with van der Waals surface area (Å²) in [5, 5.41) is 0. The van der Waals surface area contributed by atoms with E-state index < -0.39 is 0 Å². The smallest absolute Gasteiger partial charge is 0.258 e. The van der Waals surface area contributed by atoms with E-state index in [-0.39, 0.29) is 17.8 Å². The lowest BCUT2D eigenvalue weighted by atomic mass is 9.93. The molecular weight excluding hydrogens is 241 g/mol. The molecule has 2 aliphatic heterocycles. The highest BCUT2D eigenvalue weighted by molar-refractivity contribution is 6.10. The van der Waals surface area contributed by atoms with E-state index in [1.165, 1.54) is 17.7 Å². The van der Waals surface area contributed by atoms with Crippen molar-refractivity contribution < 1.29 is 9.18 Å². The number of amides is 1. The molecule has 4 rings (SSSR count). The molecule has 1 amide bonds. The molecule has 0 aliphatic carbocycles. The first-order chi connectivity index (χ1) is 9.24. The average molecular weight is 253 g/mol. The number of halogens is 1. The third kappa shape index (κ3) is 1.44. The van der Waals surface area contributed by atoms with Crippen LogP contribution in [0.3, 0.4) is 0 Å². The molecule has 0 saturated heterocycles. The molecule has 0 fully saturated rings. The number of benzene rings is 2. The van der Waals surface area contributed by atoms with Crippen molar-refractivity contribution in [3.63, 3.8) is 0 Å². The number of hydrogen-bond acceptors (Lipinski definition) is 1. The van der Waals surface area contributed by atoms with Gasteiger partial charge < -0.3 is 4.90 Å². The summed E-state index contributed by atoms with van der Waals surface area (Å²) in [5.74, 6) is -0.272. The number of carbonyl (C=O) groups excluding carboxylic acids is 1. The molecule has 0 saturated carbocycles. The fraction of sp³-hybridized carbons (Fsp3) is 0.188. The molecule has 0 aromatic heterocycles. The summed E-state index contributed by atoms with van der Waals surface area (Å²) in [5.41, 5.74) is 3.68. The van der Waals surface area contributed by atoms with Gasteiger partial charge >= 0.3 is 0 Å². The molecule has 0 bridgehead atoms. The van der Waals surface area contributed by atoms with Crippen molar-refractivity contribution in [3.05, 3.63) is 65.0 Å². The van der Waals surface area contributed by atoms with E-state index in [4.69, 9.17) is 0 Å². The van der Waals surface area contributed by atoms with Crippen molar-refractivity contribution in [2.75, 3.05) is 4.90 Å². The van der Waals surface area contributed by atoms with Crippen LogP contribution >= 0.6 is 0 Å². The summed E-state index contributed by atoms with van der Waals surface area (Å²) in [4.78, 5) is 14.4. The van der Waals surface area contributed by atoms with Gasteiger partial charge in [-0.3, -0.25) is 4.79 Å².